The number of pyridine rings is 1. The summed E-state index contributed by atoms with van der Waals surface area (Å²) >= 11 is 5.99. The summed E-state index contributed by atoms with van der Waals surface area (Å²) in [6, 6.07) is 4.68. The zero-order valence-electron chi connectivity index (χ0n) is 8.92. The van der Waals surface area contributed by atoms with Crippen LogP contribution in [0.15, 0.2) is 18.3 Å². The van der Waals surface area contributed by atoms with E-state index in [1.165, 1.54) is 0 Å². The van der Waals surface area contributed by atoms with Gasteiger partial charge in [0.25, 0.3) is 0 Å². The molecule has 0 saturated carbocycles. The van der Waals surface area contributed by atoms with Gasteiger partial charge in [-0.3, -0.25) is 0 Å². The van der Waals surface area contributed by atoms with Crippen LogP contribution in [0.4, 0.5) is 0 Å². The van der Waals surface area contributed by atoms with Gasteiger partial charge in [0.1, 0.15) is 5.15 Å². The highest BCUT2D eigenvalue weighted by Gasteiger charge is 2.11. The zero-order valence-corrected chi connectivity index (χ0v) is 9.67. The van der Waals surface area contributed by atoms with Crippen molar-refractivity contribution in [3.8, 4) is 0 Å². The third-order valence-electron chi connectivity index (χ3n) is 2.40. The van der Waals surface area contributed by atoms with Crippen LogP contribution >= 0.6 is 11.6 Å². The van der Waals surface area contributed by atoms with Crippen LogP contribution in [0.2, 0.25) is 5.15 Å². The Morgan fingerprint density at radius 2 is 2.21 bits per heavy atom. The topological polar surface area (TPSA) is 24.9 Å². The van der Waals surface area contributed by atoms with Crippen LogP contribution in [0.1, 0.15) is 38.8 Å². The van der Waals surface area contributed by atoms with E-state index in [9.17, 15) is 0 Å². The van der Waals surface area contributed by atoms with Gasteiger partial charge in [0, 0.05) is 23.8 Å². The summed E-state index contributed by atoms with van der Waals surface area (Å²) in [4.78, 5) is 4.06. The van der Waals surface area contributed by atoms with Crippen LogP contribution in [-0.4, -0.2) is 11.0 Å². The molecule has 1 aromatic heterocycles. The van der Waals surface area contributed by atoms with Gasteiger partial charge in [0.05, 0.1) is 0 Å². The maximum Gasteiger partial charge on any atom is 0.133 e. The molecule has 2 nitrogen and oxygen atoms in total. The largest absolute Gasteiger partial charge is 0.308 e. The van der Waals surface area contributed by atoms with E-state index in [1.54, 1.807) is 6.20 Å². The number of halogens is 1. The maximum atomic E-state index is 5.99. The molecule has 0 aliphatic carbocycles. The molecule has 1 N–H and O–H groups in total. The van der Waals surface area contributed by atoms with Crippen molar-refractivity contribution in [2.24, 2.45) is 0 Å². The first kappa shape index (κ1) is 11.5. The molecule has 2 atom stereocenters. The van der Waals surface area contributed by atoms with Crippen LogP contribution in [0, 0.1) is 0 Å². The van der Waals surface area contributed by atoms with Crippen LogP contribution < -0.4 is 5.32 Å². The van der Waals surface area contributed by atoms with Crippen LogP contribution in [0.25, 0.3) is 0 Å². The molecule has 0 fully saturated rings. The third-order valence-corrected chi connectivity index (χ3v) is 2.72. The van der Waals surface area contributed by atoms with Gasteiger partial charge in [-0.15, -0.1) is 0 Å². The Bertz CT molecular complexity index is 288. The van der Waals surface area contributed by atoms with E-state index in [0.29, 0.717) is 11.2 Å². The van der Waals surface area contributed by atoms with E-state index >= 15 is 0 Å². The van der Waals surface area contributed by atoms with Crippen molar-refractivity contribution in [2.45, 2.75) is 39.3 Å². The predicted octanol–water partition coefficient (Wildman–Crippen LogP) is 3.18. The normalized spacial score (nSPS) is 15.1. The quantitative estimate of drug-likeness (QED) is 0.776. The highest BCUT2D eigenvalue weighted by Crippen LogP contribution is 2.20. The molecule has 3 heteroatoms. The average molecular weight is 213 g/mol. The van der Waals surface area contributed by atoms with Gasteiger partial charge in [-0.1, -0.05) is 24.6 Å². The van der Waals surface area contributed by atoms with E-state index in [1.807, 2.05) is 12.1 Å². The molecule has 0 aromatic carbocycles. The van der Waals surface area contributed by atoms with Crippen LogP contribution in [-0.2, 0) is 0 Å². The van der Waals surface area contributed by atoms with E-state index in [-0.39, 0.29) is 6.04 Å². The van der Waals surface area contributed by atoms with Crippen molar-refractivity contribution in [3.05, 3.63) is 29.0 Å². The van der Waals surface area contributed by atoms with Crippen molar-refractivity contribution in [1.29, 1.82) is 0 Å². The third kappa shape index (κ3) is 2.96. The molecule has 0 aliphatic rings. The fraction of sp³-hybridized carbons (Fsp3) is 0.545. The molecule has 78 valence electrons. The van der Waals surface area contributed by atoms with Gasteiger partial charge >= 0.3 is 0 Å². The number of hydrogen-bond acceptors (Lipinski definition) is 2. The molecular formula is C11H17ClN2. The lowest BCUT2D eigenvalue weighted by Crippen LogP contribution is -2.28. The van der Waals surface area contributed by atoms with Gasteiger partial charge in [0.15, 0.2) is 0 Å². The lowest BCUT2D eigenvalue weighted by molar-refractivity contribution is 0.469. The molecule has 1 rings (SSSR count). The van der Waals surface area contributed by atoms with Gasteiger partial charge in [-0.2, -0.15) is 0 Å². The molecule has 0 bridgehead atoms. The van der Waals surface area contributed by atoms with E-state index < -0.39 is 0 Å². The molecule has 0 amide bonds. The highest BCUT2D eigenvalue weighted by atomic mass is 35.5. The monoisotopic (exact) mass is 212 g/mol. The fourth-order valence-electron chi connectivity index (χ4n) is 1.36. The van der Waals surface area contributed by atoms with Crippen LogP contribution in [0.3, 0.4) is 0 Å². The van der Waals surface area contributed by atoms with Gasteiger partial charge in [0.2, 0.25) is 0 Å². The number of hydrogen-bond donors (Lipinski definition) is 1. The number of aromatic nitrogens is 1. The fourth-order valence-corrected chi connectivity index (χ4v) is 1.64. The predicted molar refractivity (Wildman–Crippen MR) is 60.6 cm³/mol. The lowest BCUT2D eigenvalue weighted by Gasteiger charge is -2.19. The number of rotatable bonds is 4. The summed E-state index contributed by atoms with van der Waals surface area (Å²) in [5, 5.41) is 4.06. The molecule has 0 saturated heterocycles. The Balaban J connectivity index is 2.69. The highest BCUT2D eigenvalue weighted by molar-refractivity contribution is 6.30. The molecule has 14 heavy (non-hydrogen) atoms. The Labute approximate surface area is 90.7 Å². The standard InChI is InChI=1S/C11H17ClN2/c1-4-8(2)14-9(3)10-6-5-7-13-11(10)12/h5-9,14H,4H2,1-3H3. The van der Waals surface area contributed by atoms with Crippen LogP contribution in [0.5, 0.6) is 0 Å². The number of nitrogens with one attached hydrogen (secondary N) is 1. The second-order valence-electron chi connectivity index (χ2n) is 3.58. The minimum absolute atomic E-state index is 0.256. The van der Waals surface area contributed by atoms with Crippen molar-refractivity contribution in [2.75, 3.05) is 0 Å². The van der Waals surface area contributed by atoms with E-state index in [2.05, 4.69) is 31.1 Å². The van der Waals surface area contributed by atoms with Gasteiger partial charge in [-0.05, 0) is 26.3 Å². The van der Waals surface area contributed by atoms with Crippen molar-refractivity contribution in [3.63, 3.8) is 0 Å². The summed E-state index contributed by atoms with van der Waals surface area (Å²) in [7, 11) is 0. The summed E-state index contributed by atoms with van der Waals surface area (Å²) in [6.07, 6.45) is 2.82. The smallest absolute Gasteiger partial charge is 0.133 e. The first-order valence-corrected chi connectivity index (χ1v) is 5.39. The Morgan fingerprint density at radius 3 is 2.79 bits per heavy atom. The Hall–Kier alpha value is -0.600. The summed E-state index contributed by atoms with van der Waals surface area (Å²) in [5.74, 6) is 0. The first-order chi connectivity index (χ1) is 6.65. The summed E-state index contributed by atoms with van der Waals surface area (Å²) in [6.45, 7) is 6.44. The Kier molecular flexibility index (Phi) is 4.36. The second kappa shape index (κ2) is 5.32. The molecule has 0 spiro atoms. The van der Waals surface area contributed by atoms with Crippen molar-refractivity contribution >= 4 is 11.6 Å². The van der Waals surface area contributed by atoms with Crippen molar-refractivity contribution in [1.82, 2.24) is 10.3 Å². The molecule has 0 radical (unpaired) electrons. The van der Waals surface area contributed by atoms with Gasteiger partial charge in [-0.25, -0.2) is 4.98 Å². The van der Waals surface area contributed by atoms with E-state index in [4.69, 9.17) is 11.6 Å². The molecule has 0 aliphatic heterocycles. The molecule has 1 heterocycles. The SMILES string of the molecule is CCC(C)NC(C)c1cccnc1Cl. The second-order valence-corrected chi connectivity index (χ2v) is 3.94. The van der Waals surface area contributed by atoms with Crippen molar-refractivity contribution < 1.29 is 0 Å². The maximum absolute atomic E-state index is 5.99. The minimum atomic E-state index is 0.256. The zero-order chi connectivity index (χ0) is 10.6. The van der Waals surface area contributed by atoms with Gasteiger partial charge < -0.3 is 5.32 Å². The van der Waals surface area contributed by atoms with E-state index in [0.717, 1.165) is 12.0 Å². The molecule has 2 unspecified atom stereocenters. The Morgan fingerprint density at radius 1 is 1.50 bits per heavy atom. The average Bonchev–Trinajstić information content (AvgIpc) is 2.18. The summed E-state index contributed by atoms with van der Waals surface area (Å²) in [5.41, 5.74) is 1.06. The first-order valence-electron chi connectivity index (χ1n) is 5.01. The molecule has 1 aromatic rings. The summed E-state index contributed by atoms with van der Waals surface area (Å²) < 4.78 is 0. The minimum Gasteiger partial charge on any atom is -0.308 e. The molecular weight excluding hydrogens is 196 g/mol. The number of nitrogens with zero attached hydrogens (tertiary/aromatic N) is 1. The lowest BCUT2D eigenvalue weighted by atomic mass is 10.1.